The molecule has 0 fully saturated rings. The van der Waals surface area contributed by atoms with Gasteiger partial charge >= 0.3 is 0 Å². The fourth-order valence-electron chi connectivity index (χ4n) is 3.03. The zero-order valence-electron chi connectivity index (χ0n) is 14.3. The van der Waals surface area contributed by atoms with Crippen molar-refractivity contribution in [2.45, 2.75) is 33.3 Å². The van der Waals surface area contributed by atoms with E-state index in [0.29, 0.717) is 30.3 Å². The molecule has 24 heavy (non-hydrogen) atoms. The Morgan fingerprint density at radius 3 is 2.67 bits per heavy atom. The van der Waals surface area contributed by atoms with E-state index in [9.17, 15) is 9.90 Å². The third-order valence-corrected chi connectivity index (χ3v) is 4.26. The van der Waals surface area contributed by atoms with Gasteiger partial charge in [0.05, 0.1) is 5.69 Å². The summed E-state index contributed by atoms with van der Waals surface area (Å²) in [7, 11) is 0. The van der Waals surface area contributed by atoms with Gasteiger partial charge in [-0.15, -0.1) is 0 Å². The van der Waals surface area contributed by atoms with Crippen LogP contribution in [-0.2, 0) is 11.2 Å². The van der Waals surface area contributed by atoms with Gasteiger partial charge in [0.15, 0.2) is 6.10 Å². The number of carbonyl (C=O) groups excluding carboxylic acids is 1. The normalized spacial score (nSPS) is 16.9. The van der Waals surface area contributed by atoms with E-state index in [1.807, 2.05) is 31.2 Å². The number of fused-ring (bicyclic) bond motifs is 1. The summed E-state index contributed by atoms with van der Waals surface area (Å²) in [5.41, 5.74) is 2.91. The number of benzene rings is 2. The third kappa shape index (κ3) is 3.23. The molecule has 1 atom stereocenters. The minimum atomic E-state index is -0.540. The van der Waals surface area contributed by atoms with Crippen LogP contribution in [0, 0.1) is 12.8 Å². The minimum Gasteiger partial charge on any atom is -0.508 e. The number of nitrogens with zero attached hydrogens (tertiary/aromatic N) is 1. The molecule has 0 aliphatic carbocycles. The summed E-state index contributed by atoms with van der Waals surface area (Å²) < 4.78 is 5.97. The highest BCUT2D eigenvalue weighted by Gasteiger charge is 2.35. The van der Waals surface area contributed by atoms with Crippen LogP contribution in [0.5, 0.6) is 11.5 Å². The van der Waals surface area contributed by atoms with E-state index in [1.54, 1.807) is 23.1 Å². The number of aryl methyl sites for hydroxylation is 1. The Balaban J connectivity index is 1.94. The Morgan fingerprint density at radius 2 is 1.96 bits per heavy atom. The van der Waals surface area contributed by atoms with Crippen LogP contribution in [0.4, 0.5) is 5.69 Å². The lowest BCUT2D eigenvalue weighted by Crippen LogP contribution is -2.48. The van der Waals surface area contributed by atoms with Crippen LogP contribution >= 0.6 is 0 Å². The molecule has 0 spiro atoms. The molecule has 1 aliphatic heterocycles. The molecular formula is C20H23NO3. The molecule has 4 heteroatoms. The number of phenolic OH excluding ortho intramolecular Hbond substituents is 1. The van der Waals surface area contributed by atoms with Crippen LogP contribution in [0.2, 0.25) is 0 Å². The zero-order valence-corrected chi connectivity index (χ0v) is 14.3. The van der Waals surface area contributed by atoms with E-state index in [1.165, 1.54) is 0 Å². The van der Waals surface area contributed by atoms with Crippen LogP contribution < -0.4 is 9.64 Å². The van der Waals surface area contributed by atoms with Crippen molar-refractivity contribution in [1.82, 2.24) is 0 Å². The van der Waals surface area contributed by atoms with Crippen molar-refractivity contribution in [3.63, 3.8) is 0 Å². The molecule has 0 bridgehead atoms. The number of anilines is 1. The summed E-state index contributed by atoms with van der Waals surface area (Å²) in [6.07, 6.45) is 0.00217. The van der Waals surface area contributed by atoms with E-state index < -0.39 is 6.10 Å². The second-order valence-electron chi connectivity index (χ2n) is 6.73. The average molecular weight is 325 g/mol. The maximum absolute atomic E-state index is 13.0. The van der Waals surface area contributed by atoms with Crippen LogP contribution in [0.3, 0.4) is 0 Å². The molecular weight excluding hydrogens is 302 g/mol. The van der Waals surface area contributed by atoms with Crippen LogP contribution in [0.15, 0.2) is 42.5 Å². The van der Waals surface area contributed by atoms with Gasteiger partial charge < -0.3 is 14.7 Å². The van der Waals surface area contributed by atoms with Gasteiger partial charge in [0.1, 0.15) is 11.5 Å². The quantitative estimate of drug-likeness (QED) is 0.932. The summed E-state index contributed by atoms with van der Waals surface area (Å²) in [4.78, 5) is 14.7. The highest BCUT2D eigenvalue weighted by molar-refractivity contribution is 6.00. The smallest absolute Gasteiger partial charge is 0.268 e. The van der Waals surface area contributed by atoms with Crippen molar-refractivity contribution >= 4 is 11.6 Å². The molecule has 2 aromatic carbocycles. The van der Waals surface area contributed by atoms with E-state index in [4.69, 9.17) is 4.74 Å². The summed E-state index contributed by atoms with van der Waals surface area (Å²) in [6.45, 7) is 6.78. The van der Waals surface area contributed by atoms with Gasteiger partial charge in [0.2, 0.25) is 0 Å². The largest absolute Gasteiger partial charge is 0.508 e. The second-order valence-corrected chi connectivity index (χ2v) is 6.73. The van der Waals surface area contributed by atoms with Gasteiger partial charge in [-0.05, 0) is 36.1 Å². The maximum Gasteiger partial charge on any atom is 0.268 e. The van der Waals surface area contributed by atoms with Gasteiger partial charge in [0, 0.05) is 19.0 Å². The average Bonchev–Trinajstić information content (AvgIpc) is 2.53. The topological polar surface area (TPSA) is 49.8 Å². The van der Waals surface area contributed by atoms with Crippen LogP contribution in [-0.4, -0.2) is 23.7 Å². The first-order chi connectivity index (χ1) is 11.5. The molecule has 0 saturated heterocycles. The Hall–Kier alpha value is -2.49. The minimum absolute atomic E-state index is 0.0509. The molecule has 1 unspecified atom stereocenters. The Labute approximate surface area is 142 Å². The SMILES string of the molecule is Cc1ccccc1CC1Oc2ccc(O)cc2N(CC(C)C)C1=O. The Morgan fingerprint density at radius 1 is 1.21 bits per heavy atom. The van der Waals surface area contributed by atoms with Gasteiger partial charge in [-0.1, -0.05) is 38.1 Å². The number of phenols is 1. The van der Waals surface area contributed by atoms with E-state index in [0.717, 1.165) is 11.1 Å². The first kappa shape index (κ1) is 16.4. The fraction of sp³-hybridized carbons (Fsp3) is 0.350. The lowest BCUT2D eigenvalue weighted by atomic mass is 10.00. The predicted octanol–water partition coefficient (Wildman–Crippen LogP) is 3.69. The summed E-state index contributed by atoms with van der Waals surface area (Å²) in [5, 5.41) is 9.77. The lowest BCUT2D eigenvalue weighted by Gasteiger charge is -2.35. The number of amides is 1. The monoisotopic (exact) mass is 325 g/mol. The number of rotatable bonds is 4. The summed E-state index contributed by atoms with van der Waals surface area (Å²) in [5.74, 6) is 1.05. The van der Waals surface area contributed by atoms with Crippen molar-refractivity contribution in [3.8, 4) is 11.5 Å². The third-order valence-electron chi connectivity index (χ3n) is 4.26. The molecule has 0 saturated carbocycles. The molecule has 1 heterocycles. The second kappa shape index (κ2) is 6.56. The highest BCUT2D eigenvalue weighted by Crippen LogP contribution is 2.37. The molecule has 1 amide bonds. The molecule has 1 aliphatic rings. The van der Waals surface area contributed by atoms with E-state index in [2.05, 4.69) is 13.8 Å². The van der Waals surface area contributed by atoms with Crippen LogP contribution in [0.1, 0.15) is 25.0 Å². The highest BCUT2D eigenvalue weighted by atomic mass is 16.5. The van der Waals surface area contributed by atoms with Gasteiger partial charge in [-0.3, -0.25) is 4.79 Å². The Bertz CT molecular complexity index is 754. The van der Waals surface area contributed by atoms with Gasteiger partial charge in [-0.2, -0.15) is 0 Å². The molecule has 0 radical (unpaired) electrons. The van der Waals surface area contributed by atoms with Crippen molar-refractivity contribution in [2.24, 2.45) is 5.92 Å². The van der Waals surface area contributed by atoms with Gasteiger partial charge in [-0.25, -0.2) is 0 Å². The summed E-state index contributed by atoms with van der Waals surface area (Å²) >= 11 is 0. The number of ether oxygens (including phenoxy) is 1. The first-order valence-corrected chi connectivity index (χ1v) is 8.31. The van der Waals surface area contributed by atoms with Crippen molar-refractivity contribution in [1.29, 1.82) is 0 Å². The zero-order chi connectivity index (χ0) is 17.3. The van der Waals surface area contributed by atoms with Crippen molar-refractivity contribution < 1.29 is 14.6 Å². The fourth-order valence-corrected chi connectivity index (χ4v) is 3.03. The van der Waals surface area contributed by atoms with Gasteiger partial charge in [0.25, 0.3) is 5.91 Å². The number of carbonyl (C=O) groups is 1. The van der Waals surface area contributed by atoms with Crippen LogP contribution in [0.25, 0.3) is 0 Å². The standard InChI is InChI=1S/C20H23NO3/c1-13(2)12-21-17-11-16(22)8-9-18(17)24-19(20(21)23)10-15-7-5-4-6-14(15)3/h4-9,11,13,19,22H,10,12H2,1-3H3. The molecule has 4 nitrogen and oxygen atoms in total. The predicted molar refractivity (Wildman–Crippen MR) is 94.6 cm³/mol. The van der Waals surface area contributed by atoms with Crippen molar-refractivity contribution in [3.05, 3.63) is 53.6 Å². The molecule has 126 valence electrons. The van der Waals surface area contributed by atoms with E-state index >= 15 is 0 Å². The molecule has 3 rings (SSSR count). The Kier molecular flexibility index (Phi) is 4.47. The van der Waals surface area contributed by atoms with Crippen molar-refractivity contribution in [2.75, 3.05) is 11.4 Å². The first-order valence-electron chi connectivity index (χ1n) is 8.31. The molecule has 0 aromatic heterocycles. The van der Waals surface area contributed by atoms with E-state index in [-0.39, 0.29) is 11.7 Å². The number of hydrogen-bond acceptors (Lipinski definition) is 3. The lowest BCUT2D eigenvalue weighted by molar-refractivity contribution is -0.126. The maximum atomic E-state index is 13.0. The number of hydrogen-bond donors (Lipinski definition) is 1. The molecule has 2 aromatic rings. The molecule has 1 N–H and O–H groups in total. The number of aromatic hydroxyl groups is 1. The summed E-state index contributed by atoms with van der Waals surface area (Å²) in [6, 6.07) is 13.0.